The first kappa shape index (κ1) is 16.6. The van der Waals surface area contributed by atoms with Crippen LogP contribution in [-0.2, 0) is 9.59 Å². The summed E-state index contributed by atoms with van der Waals surface area (Å²) in [6.07, 6.45) is 1.80. The summed E-state index contributed by atoms with van der Waals surface area (Å²) in [6, 6.07) is 3.90. The molecule has 0 bridgehead atoms. The van der Waals surface area contributed by atoms with Crippen LogP contribution in [0.15, 0.2) is 24.4 Å². The molecule has 1 rings (SSSR count). The molecule has 7 heteroatoms. The second-order valence-corrected chi connectivity index (χ2v) is 4.99. The summed E-state index contributed by atoms with van der Waals surface area (Å²) in [7, 11) is 0. The van der Waals surface area contributed by atoms with Crippen LogP contribution in [0.3, 0.4) is 0 Å². The minimum Gasteiger partial charge on any atom is -0.480 e. The van der Waals surface area contributed by atoms with Gasteiger partial charge >= 0.3 is 5.97 Å². The molecule has 0 aliphatic carbocycles. The lowest BCUT2D eigenvalue weighted by atomic mass is 10.0. The summed E-state index contributed by atoms with van der Waals surface area (Å²) in [5, 5.41) is 13.8. The third-order valence-electron chi connectivity index (χ3n) is 2.65. The van der Waals surface area contributed by atoms with Gasteiger partial charge in [-0.15, -0.1) is 0 Å². The van der Waals surface area contributed by atoms with E-state index in [9.17, 15) is 14.4 Å². The number of aliphatic carboxylic acids is 1. The van der Waals surface area contributed by atoms with Crippen LogP contribution in [0.5, 0.6) is 0 Å². The Hall–Kier alpha value is -2.44. The Balaban J connectivity index is 2.46. The number of nitrogens with one attached hydrogen (secondary N) is 2. The van der Waals surface area contributed by atoms with Crippen LogP contribution in [0, 0.1) is 5.92 Å². The van der Waals surface area contributed by atoms with Crippen molar-refractivity contribution in [2.75, 3.05) is 6.54 Å². The molecule has 0 fully saturated rings. The van der Waals surface area contributed by atoms with E-state index in [0.29, 0.717) is 6.42 Å². The number of rotatable bonds is 7. The van der Waals surface area contributed by atoms with Gasteiger partial charge in [0, 0.05) is 6.20 Å². The van der Waals surface area contributed by atoms with Crippen molar-refractivity contribution in [1.29, 1.82) is 0 Å². The fraction of sp³-hybridized carbons (Fsp3) is 0.429. The number of amides is 2. The van der Waals surface area contributed by atoms with Crippen LogP contribution in [0.4, 0.5) is 0 Å². The van der Waals surface area contributed by atoms with Crippen molar-refractivity contribution < 1.29 is 19.5 Å². The maximum atomic E-state index is 11.7. The molecule has 0 aliphatic heterocycles. The van der Waals surface area contributed by atoms with Gasteiger partial charge in [-0.05, 0) is 24.5 Å². The van der Waals surface area contributed by atoms with E-state index in [1.807, 2.05) is 13.8 Å². The van der Waals surface area contributed by atoms with Crippen LogP contribution in [0.1, 0.15) is 30.8 Å². The molecule has 0 saturated carbocycles. The van der Waals surface area contributed by atoms with Crippen LogP contribution in [0.25, 0.3) is 0 Å². The van der Waals surface area contributed by atoms with Gasteiger partial charge in [0.2, 0.25) is 5.91 Å². The van der Waals surface area contributed by atoms with Crippen molar-refractivity contribution >= 4 is 17.8 Å². The van der Waals surface area contributed by atoms with Gasteiger partial charge in [-0.25, -0.2) is 4.79 Å². The molecule has 2 amide bonds. The molecule has 1 aromatic rings. The normalized spacial score (nSPS) is 11.8. The zero-order valence-electron chi connectivity index (χ0n) is 12.0. The van der Waals surface area contributed by atoms with E-state index in [1.54, 1.807) is 12.1 Å². The molecule has 0 aliphatic rings. The molecule has 0 aromatic carbocycles. The maximum absolute atomic E-state index is 11.7. The summed E-state index contributed by atoms with van der Waals surface area (Å²) in [4.78, 5) is 38.2. The monoisotopic (exact) mass is 293 g/mol. The smallest absolute Gasteiger partial charge is 0.326 e. The molecule has 114 valence electrons. The maximum Gasteiger partial charge on any atom is 0.326 e. The van der Waals surface area contributed by atoms with Gasteiger partial charge in [-0.3, -0.25) is 14.6 Å². The van der Waals surface area contributed by atoms with Crippen molar-refractivity contribution in [3.8, 4) is 0 Å². The average molecular weight is 293 g/mol. The number of aromatic nitrogens is 1. The summed E-state index contributed by atoms with van der Waals surface area (Å²) in [5.41, 5.74) is 0.197. The molecular weight excluding hydrogens is 274 g/mol. The zero-order valence-corrected chi connectivity index (χ0v) is 12.0. The lowest BCUT2D eigenvalue weighted by Crippen LogP contribution is -2.46. The number of carboxylic acid groups (broad SMARTS) is 1. The highest BCUT2D eigenvalue weighted by Gasteiger charge is 2.21. The number of hydrogen-bond acceptors (Lipinski definition) is 4. The Morgan fingerprint density at radius 3 is 2.52 bits per heavy atom. The number of carbonyl (C=O) groups is 3. The van der Waals surface area contributed by atoms with Gasteiger partial charge in [0.1, 0.15) is 11.7 Å². The Bertz CT molecular complexity index is 502. The van der Waals surface area contributed by atoms with E-state index in [4.69, 9.17) is 5.11 Å². The van der Waals surface area contributed by atoms with E-state index in [0.717, 1.165) is 0 Å². The fourth-order valence-electron chi connectivity index (χ4n) is 1.69. The summed E-state index contributed by atoms with van der Waals surface area (Å²) >= 11 is 0. The van der Waals surface area contributed by atoms with Crippen LogP contribution in [-0.4, -0.2) is 40.5 Å². The molecule has 1 unspecified atom stereocenters. The summed E-state index contributed by atoms with van der Waals surface area (Å²) in [5.74, 6) is -1.99. The van der Waals surface area contributed by atoms with Gasteiger partial charge in [0.25, 0.3) is 5.91 Å². The van der Waals surface area contributed by atoms with Gasteiger partial charge in [-0.2, -0.15) is 0 Å². The van der Waals surface area contributed by atoms with Gasteiger partial charge in [0.05, 0.1) is 6.54 Å². The Kier molecular flexibility index (Phi) is 6.32. The first-order chi connectivity index (χ1) is 9.90. The Labute approximate surface area is 122 Å². The van der Waals surface area contributed by atoms with Crippen molar-refractivity contribution in [2.45, 2.75) is 26.3 Å². The second-order valence-electron chi connectivity index (χ2n) is 4.99. The predicted octanol–water partition coefficient (Wildman–Crippen LogP) is 0.427. The quantitative estimate of drug-likeness (QED) is 0.675. The average Bonchev–Trinajstić information content (AvgIpc) is 2.44. The molecule has 0 radical (unpaired) electrons. The van der Waals surface area contributed by atoms with Crippen molar-refractivity contribution in [3.63, 3.8) is 0 Å². The van der Waals surface area contributed by atoms with E-state index >= 15 is 0 Å². The largest absolute Gasteiger partial charge is 0.480 e. The van der Waals surface area contributed by atoms with Crippen molar-refractivity contribution in [2.24, 2.45) is 5.92 Å². The molecule has 7 nitrogen and oxygen atoms in total. The first-order valence-electron chi connectivity index (χ1n) is 6.61. The number of nitrogens with zero attached hydrogens (tertiary/aromatic N) is 1. The fourth-order valence-corrected chi connectivity index (χ4v) is 1.69. The molecular formula is C14H19N3O4. The topological polar surface area (TPSA) is 108 Å². The molecule has 3 N–H and O–H groups in total. The zero-order chi connectivity index (χ0) is 15.8. The Morgan fingerprint density at radius 1 is 1.29 bits per heavy atom. The number of hydrogen-bond donors (Lipinski definition) is 3. The standard InChI is InChI=1S/C14H19N3O4/c1-9(2)7-11(14(20)21)17-12(18)8-16-13(19)10-5-3-4-6-15-10/h3-6,9,11H,7-8H2,1-2H3,(H,16,19)(H,17,18)(H,20,21). The number of carbonyl (C=O) groups excluding carboxylic acids is 2. The van der Waals surface area contributed by atoms with Gasteiger partial charge < -0.3 is 15.7 Å². The molecule has 0 spiro atoms. The number of carboxylic acids is 1. The minimum absolute atomic E-state index is 0.134. The molecule has 1 heterocycles. The van der Waals surface area contributed by atoms with Gasteiger partial charge in [-0.1, -0.05) is 19.9 Å². The van der Waals surface area contributed by atoms with E-state index in [1.165, 1.54) is 12.3 Å². The molecule has 1 atom stereocenters. The third kappa shape index (κ3) is 6.03. The van der Waals surface area contributed by atoms with Crippen molar-refractivity contribution in [1.82, 2.24) is 15.6 Å². The minimum atomic E-state index is -1.09. The van der Waals surface area contributed by atoms with E-state index < -0.39 is 23.8 Å². The first-order valence-corrected chi connectivity index (χ1v) is 6.61. The summed E-state index contributed by atoms with van der Waals surface area (Å²) in [6.45, 7) is 3.44. The summed E-state index contributed by atoms with van der Waals surface area (Å²) < 4.78 is 0. The SMILES string of the molecule is CC(C)CC(NC(=O)CNC(=O)c1ccccn1)C(=O)O. The van der Waals surface area contributed by atoms with Crippen LogP contribution < -0.4 is 10.6 Å². The van der Waals surface area contributed by atoms with Gasteiger partial charge in [0.15, 0.2) is 0 Å². The van der Waals surface area contributed by atoms with Crippen LogP contribution >= 0.6 is 0 Å². The molecule has 21 heavy (non-hydrogen) atoms. The second kappa shape index (κ2) is 7.98. The highest BCUT2D eigenvalue weighted by Crippen LogP contribution is 2.04. The molecule has 1 aromatic heterocycles. The number of pyridine rings is 1. The Morgan fingerprint density at radius 2 is 2.00 bits per heavy atom. The molecule has 0 saturated heterocycles. The van der Waals surface area contributed by atoms with Crippen molar-refractivity contribution in [3.05, 3.63) is 30.1 Å². The highest BCUT2D eigenvalue weighted by molar-refractivity contribution is 5.95. The predicted molar refractivity (Wildman–Crippen MR) is 75.6 cm³/mol. The van der Waals surface area contributed by atoms with E-state index in [2.05, 4.69) is 15.6 Å². The third-order valence-corrected chi connectivity index (χ3v) is 2.65. The lowest BCUT2D eigenvalue weighted by Gasteiger charge is -2.16. The van der Waals surface area contributed by atoms with E-state index in [-0.39, 0.29) is 18.2 Å². The van der Waals surface area contributed by atoms with Crippen LogP contribution in [0.2, 0.25) is 0 Å². The lowest BCUT2D eigenvalue weighted by molar-refractivity contribution is -0.142. The highest BCUT2D eigenvalue weighted by atomic mass is 16.4.